The fourth-order valence-corrected chi connectivity index (χ4v) is 2.78. The molecule has 0 bridgehead atoms. The molecule has 2 aromatic carbocycles. The van der Waals surface area contributed by atoms with Crippen LogP contribution >= 0.6 is 15.9 Å². The Morgan fingerprint density at radius 1 is 1.05 bits per heavy atom. The van der Waals surface area contributed by atoms with Crippen LogP contribution in [0.3, 0.4) is 0 Å². The minimum absolute atomic E-state index is 0.193. The topological polar surface area (TPSA) is 9.23 Å². The number of halogens is 4. The van der Waals surface area contributed by atoms with Gasteiger partial charge in [-0.05, 0) is 17.5 Å². The maximum absolute atomic E-state index is 13.8. The zero-order valence-corrected chi connectivity index (χ0v) is 13.0. The minimum Gasteiger partial charge on any atom is -0.384 e. The van der Waals surface area contributed by atoms with E-state index in [-0.39, 0.29) is 5.56 Å². The maximum Gasteiger partial charge on any atom is 0.133 e. The summed E-state index contributed by atoms with van der Waals surface area (Å²) in [6.07, 6.45) is 0.767. The van der Waals surface area contributed by atoms with Gasteiger partial charge in [0.05, 0.1) is 11.4 Å². The molecule has 2 aromatic rings. The quantitative estimate of drug-likeness (QED) is 0.699. The molecule has 0 amide bonds. The fourth-order valence-electron chi connectivity index (χ4n) is 2.04. The maximum atomic E-state index is 13.8. The molecule has 0 heterocycles. The Balaban J connectivity index is 2.26. The summed E-state index contributed by atoms with van der Waals surface area (Å²) in [5.74, 6) is -2.74. The van der Waals surface area contributed by atoms with Crippen molar-refractivity contribution < 1.29 is 17.9 Å². The van der Waals surface area contributed by atoms with Gasteiger partial charge in [-0.15, -0.1) is 0 Å². The van der Waals surface area contributed by atoms with Gasteiger partial charge in [-0.1, -0.05) is 40.2 Å². The second-order valence-electron chi connectivity index (χ2n) is 4.63. The van der Waals surface area contributed by atoms with E-state index in [1.165, 1.54) is 0 Å². The van der Waals surface area contributed by atoms with Crippen molar-refractivity contribution in [3.63, 3.8) is 0 Å². The van der Waals surface area contributed by atoms with E-state index in [1.807, 2.05) is 12.1 Å². The van der Waals surface area contributed by atoms with Gasteiger partial charge in [0.1, 0.15) is 17.5 Å². The predicted molar refractivity (Wildman–Crippen MR) is 79.1 cm³/mol. The Kier molecular flexibility index (Phi) is 5.42. The highest BCUT2D eigenvalue weighted by atomic mass is 79.9. The molecule has 0 aliphatic carbocycles. The number of ether oxygens (including phenoxy) is 1. The van der Waals surface area contributed by atoms with Gasteiger partial charge >= 0.3 is 0 Å². The highest BCUT2D eigenvalue weighted by Crippen LogP contribution is 2.34. The number of hydrogen-bond donors (Lipinski definition) is 0. The van der Waals surface area contributed by atoms with Crippen LogP contribution in [0.2, 0.25) is 0 Å². The standard InChI is InChI=1S/C16H14BrF3O/c1-21-7-6-10-2-4-11(5-3-10)16(17)15-13(19)8-12(18)9-14(15)20/h2-5,8-9,16H,6-7H2,1H3. The van der Waals surface area contributed by atoms with E-state index in [1.54, 1.807) is 19.2 Å². The van der Waals surface area contributed by atoms with Crippen molar-refractivity contribution in [2.24, 2.45) is 0 Å². The number of methoxy groups -OCH3 is 1. The van der Waals surface area contributed by atoms with Gasteiger partial charge in [-0.3, -0.25) is 0 Å². The van der Waals surface area contributed by atoms with Crippen molar-refractivity contribution in [3.05, 3.63) is 70.5 Å². The number of hydrogen-bond acceptors (Lipinski definition) is 1. The predicted octanol–water partition coefficient (Wildman–Crippen LogP) is 4.78. The van der Waals surface area contributed by atoms with E-state index in [9.17, 15) is 13.2 Å². The van der Waals surface area contributed by atoms with Gasteiger partial charge < -0.3 is 4.74 Å². The number of benzene rings is 2. The zero-order chi connectivity index (χ0) is 15.4. The molecule has 1 nitrogen and oxygen atoms in total. The Labute approximate surface area is 129 Å². The van der Waals surface area contributed by atoms with Crippen LogP contribution in [0.15, 0.2) is 36.4 Å². The molecule has 0 aliphatic rings. The molecule has 0 saturated carbocycles. The first-order chi connectivity index (χ1) is 10.0. The number of rotatable bonds is 5. The van der Waals surface area contributed by atoms with Crippen LogP contribution in [0.4, 0.5) is 13.2 Å². The lowest BCUT2D eigenvalue weighted by molar-refractivity contribution is 0.202. The van der Waals surface area contributed by atoms with Crippen molar-refractivity contribution in [1.82, 2.24) is 0 Å². The average molecular weight is 359 g/mol. The first kappa shape index (κ1) is 16.0. The molecule has 0 aromatic heterocycles. The molecule has 112 valence electrons. The molecule has 0 aliphatic heterocycles. The second kappa shape index (κ2) is 7.09. The molecular formula is C16H14BrF3O. The molecule has 0 fully saturated rings. The first-order valence-electron chi connectivity index (χ1n) is 6.39. The van der Waals surface area contributed by atoms with Crippen LogP contribution in [0.5, 0.6) is 0 Å². The van der Waals surface area contributed by atoms with Crippen molar-refractivity contribution in [2.75, 3.05) is 13.7 Å². The Morgan fingerprint density at radius 2 is 1.62 bits per heavy atom. The van der Waals surface area contributed by atoms with E-state index in [0.717, 1.165) is 12.0 Å². The summed E-state index contributed by atoms with van der Waals surface area (Å²) in [4.78, 5) is -0.672. The summed E-state index contributed by atoms with van der Waals surface area (Å²) in [5, 5.41) is 0. The smallest absolute Gasteiger partial charge is 0.133 e. The molecule has 0 saturated heterocycles. The van der Waals surface area contributed by atoms with Crippen LogP contribution in [0.1, 0.15) is 21.5 Å². The van der Waals surface area contributed by atoms with Gasteiger partial charge in [-0.25, -0.2) is 13.2 Å². The third-order valence-electron chi connectivity index (χ3n) is 3.16. The van der Waals surface area contributed by atoms with Gasteiger partial charge in [-0.2, -0.15) is 0 Å². The van der Waals surface area contributed by atoms with E-state index in [0.29, 0.717) is 24.3 Å². The van der Waals surface area contributed by atoms with E-state index >= 15 is 0 Å². The highest BCUT2D eigenvalue weighted by Gasteiger charge is 2.20. The van der Waals surface area contributed by atoms with Crippen molar-refractivity contribution in [3.8, 4) is 0 Å². The van der Waals surface area contributed by atoms with Crippen LogP contribution in [-0.4, -0.2) is 13.7 Å². The highest BCUT2D eigenvalue weighted by molar-refractivity contribution is 9.09. The lowest BCUT2D eigenvalue weighted by atomic mass is 10.0. The largest absolute Gasteiger partial charge is 0.384 e. The minimum atomic E-state index is -0.927. The van der Waals surface area contributed by atoms with E-state index in [4.69, 9.17) is 4.74 Å². The molecule has 5 heteroatoms. The van der Waals surface area contributed by atoms with Crippen molar-refractivity contribution in [2.45, 2.75) is 11.2 Å². The molecular weight excluding hydrogens is 345 g/mol. The molecule has 1 atom stereocenters. The summed E-state index contributed by atoms with van der Waals surface area (Å²) in [5.41, 5.74) is 1.57. The van der Waals surface area contributed by atoms with E-state index in [2.05, 4.69) is 15.9 Å². The average Bonchev–Trinajstić information content (AvgIpc) is 2.44. The molecule has 1 unspecified atom stereocenters. The van der Waals surface area contributed by atoms with Crippen molar-refractivity contribution >= 4 is 15.9 Å². The molecule has 0 radical (unpaired) electrons. The summed E-state index contributed by atoms with van der Waals surface area (Å²) >= 11 is 3.27. The van der Waals surface area contributed by atoms with Crippen molar-refractivity contribution in [1.29, 1.82) is 0 Å². The third-order valence-corrected chi connectivity index (χ3v) is 4.15. The van der Waals surface area contributed by atoms with Crippen LogP contribution < -0.4 is 0 Å². The molecule has 0 N–H and O–H groups in total. The molecule has 0 spiro atoms. The van der Waals surface area contributed by atoms with Crippen LogP contribution in [-0.2, 0) is 11.2 Å². The van der Waals surface area contributed by atoms with Gasteiger partial charge in [0.2, 0.25) is 0 Å². The Hall–Kier alpha value is -1.33. The summed E-state index contributed by atoms with van der Waals surface area (Å²) in [6.45, 7) is 0.609. The lowest BCUT2D eigenvalue weighted by Gasteiger charge is -2.13. The first-order valence-corrected chi connectivity index (χ1v) is 7.30. The number of alkyl halides is 1. The Bertz CT molecular complexity index is 590. The van der Waals surface area contributed by atoms with Gasteiger partial charge in [0.25, 0.3) is 0 Å². The molecule has 2 rings (SSSR count). The monoisotopic (exact) mass is 358 g/mol. The Morgan fingerprint density at radius 3 is 2.14 bits per heavy atom. The van der Waals surface area contributed by atoms with E-state index < -0.39 is 22.3 Å². The normalized spacial score (nSPS) is 12.4. The summed E-state index contributed by atoms with van der Waals surface area (Å²) < 4.78 is 45.5. The SMILES string of the molecule is COCCc1ccc(C(Br)c2c(F)cc(F)cc2F)cc1. The third kappa shape index (κ3) is 3.86. The fraction of sp³-hybridized carbons (Fsp3) is 0.250. The van der Waals surface area contributed by atoms with Crippen LogP contribution in [0.25, 0.3) is 0 Å². The van der Waals surface area contributed by atoms with Gasteiger partial charge in [0, 0.05) is 24.8 Å². The summed E-state index contributed by atoms with van der Waals surface area (Å²) in [7, 11) is 1.63. The van der Waals surface area contributed by atoms with Crippen LogP contribution in [0, 0.1) is 17.5 Å². The summed E-state index contributed by atoms with van der Waals surface area (Å²) in [6, 6.07) is 8.68. The second-order valence-corrected chi connectivity index (χ2v) is 5.55. The lowest BCUT2D eigenvalue weighted by Crippen LogP contribution is -2.02. The zero-order valence-electron chi connectivity index (χ0n) is 11.4. The van der Waals surface area contributed by atoms with Gasteiger partial charge in [0.15, 0.2) is 0 Å². The molecule has 21 heavy (non-hydrogen) atoms.